The molecule has 2 atom stereocenters. The maximum atomic E-state index is 13.2. The minimum absolute atomic E-state index is 0.0206. The van der Waals surface area contributed by atoms with Crippen LogP contribution in [0.25, 0.3) is 0 Å². The van der Waals surface area contributed by atoms with Gasteiger partial charge in [-0.25, -0.2) is 4.39 Å². The van der Waals surface area contributed by atoms with Crippen molar-refractivity contribution in [3.63, 3.8) is 0 Å². The molecule has 138 valence electrons. The Morgan fingerprint density at radius 3 is 2.68 bits per heavy atom. The average molecular weight is 350 g/mol. The Morgan fingerprint density at radius 2 is 2.08 bits per heavy atom. The third-order valence-electron chi connectivity index (χ3n) is 5.09. The molecule has 1 heterocycles. The standard InChI is InChI=1S/C19H27FN2O3/c1-13-10-16(20)6-4-14(13)11-18(23)22-9-8-17(21(2)3)15(12-22)5-7-19(24)25/h4,6,10,15,17H,5,7-9,11-12H2,1-3H3,(H,24,25)/t15-,17+/m0/s1. The fourth-order valence-electron chi connectivity index (χ4n) is 3.65. The number of carbonyl (C=O) groups excluding carboxylic acids is 1. The van der Waals surface area contributed by atoms with Gasteiger partial charge in [0.15, 0.2) is 0 Å². The fourth-order valence-corrected chi connectivity index (χ4v) is 3.65. The fraction of sp³-hybridized carbons (Fsp3) is 0.579. The first kappa shape index (κ1) is 19.4. The van der Waals surface area contributed by atoms with Crippen molar-refractivity contribution in [1.82, 2.24) is 9.80 Å². The van der Waals surface area contributed by atoms with Gasteiger partial charge >= 0.3 is 5.97 Å². The Bertz CT molecular complexity index is 633. The number of carbonyl (C=O) groups is 2. The molecule has 25 heavy (non-hydrogen) atoms. The van der Waals surface area contributed by atoms with E-state index in [2.05, 4.69) is 4.90 Å². The molecule has 6 heteroatoms. The molecule has 1 fully saturated rings. The Labute approximate surface area is 148 Å². The van der Waals surface area contributed by atoms with Gasteiger partial charge in [0.05, 0.1) is 6.42 Å². The summed E-state index contributed by atoms with van der Waals surface area (Å²) in [7, 11) is 4.00. The average Bonchev–Trinajstić information content (AvgIpc) is 2.55. The van der Waals surface area contributed by atoms with Crippen LogP contribution in [0.1, 0.15) is 30.4 Å². The van der Waals surface area contributed by atoms with E-state index in [1.807, 2.05) is 19.0 Å². The Kier molecular flexibility index (Phi) is 6.53. The lowest BCUT2D eigenvalue weighted by atomic mass is 9.87. The molecule has 1 aliphatic heterocycles. The zero-order valence-corrected chi connectivity index (χ0v) is 15.2. The summed E-state index contributed by atoms with van der Waals surface area (Å²) in [6, 6.07) is 4.77. The first-order valence-corrected chi connectivity index (χ1v) is 8.69. The first-order chi connectivity index (χ1) is 11.8. The number of likely N-dealkylation sites (tertiary alicyclic amines) is 1. The van der Waals surface area contributed by atoms with E-state index in [-0.39, 0.29) is 36.5 Å². The van der Waals surface area contributed by atoms with Gasteiger partial charge in [0.25, 0.3) is 0 Å². The van der Waals surface area contributed by atoms with E-state index in [1.54, 1.807) is 13.0 Å². The lowest BCUT2D eigenvalue weighted by molar-refractivity contribution is -0.137. The van der Waals surface area contributed by atoms with Gasteiger partial charge in [0.1, 0.15) is 5.82 Å². The van der Waals surface area contributed by atoms with Gasteiger partial charge in [-0.3, -0.25) is 9.59 Å². The number of carboxylic acids is 1. The number of rotatable bonds is 6. The highest BCUT2D eigenvalue weighted by Gasteiger charge is 2.32. The third-order valence-corrected chi connectivity index (χ3v) is 5.09. The molecule has 1 amide bonds. The van der Waals surface area contributed by atoms with Crippen molar-refractivity contribution >= 4 is 11.9 Å². The topological polar surface area (TPSA) is 60.9 Å². The molecular formula is C19H27FN2O3. The van der Waals surface area contributed by atoms with Gasteiger partial charge in [-0.15, -0.1) is 0 Å². The zero-order chi connectivity index (χ0) is 18.6. The normalized spacial score (nSPS) is 20.8. The van der Waals surface area contributed by atoms with Crippen LogP contribution in [-0.4, -0.2) is 60.0 Å². The summed E-state index contributed by atoms with van der Waals surface area (Å²) >= 11 is 0. The van der Waals surface area contributed by atoms with E-state index >= 15 is 0 Å². The van der Waals surface area contributed by atoms with E-state index in [4.69, 9.17) is 5.11 Å². The number of nitrogens with zero attached hydrogens (tertiary/aromatic N) is 2. The number of piperidine rings is 1. The van der Waals surface area contributed by atoms with Crippen LogP contribution >= 0.6 is 0 Å². The van der Waals surface area contributed by atoms with E-state index in [1.165, 1.54) is 12.1 Å². The Hall–Kier alpha value is -1.95. The predicted molar refractivity (Wildman–Crippen MR) is 93.9 cm³/mol. The number of amides is 1. The molecule has 0 aromatic heterocycles. The SMILES string of the molecule is Cc1cc(F)ccc1CC(=O)N1CC[C@@H](N(C)C)[C@@H](CCC(=O)O)C1. The van der Waals surface area contributed by atoms with Gasteiger partial charge in [0.2, 0.25) is 5.91 Å². The number of aliphatic carboxylic acids is 1. The predicted octanol–water partition coefficient (Wildman–Crippen LogP) is 2.32. The van der Waals surface area contributed by atoms with Gasteiger partial charge in [0, 0.05) is 25.6 Å². The highest BCUT2D eigenvalue weighted by molar-refractivity contribution is 5.79. The van der Waals surface area contributed by atoms with Crippen LogP contribution in [0.5, 0.6) is 0 Å². The van der Waals surface area contributed by atoms with Crippen molar-refractivity contribution in [2.24, 2.45) is 5.92 Å². The molecule has 0 unspecified atom stereocenters. The molecule has 1 aromatic carbocycles. The highest BCUT2D eigenvalue weighted by atomic mass is 19.1. The molecule has 1 saturated heterocycles. The summed E-state index contributed by atoms with van der Waals surface area (Å²) in [5, 5.41) is 8.97. The molecule has 0 radical (unpaired) electrons. The summed E-state index contributed by atoms with van der Waals surface area (Å²) in [5.74, 6) is -0.928. The molecule has 2 rings (SSSR count). The number of carboxylic acid groups (broad SMARTS) is 1. The van der Waals surface area contributed by atoms with Crippen LogP contribution in [-0.2, 0) is 16.0 Å². The third kappa shape index (κ3) is 5.26. The van der Waals surface area contributed by atoms with Crippen molar-refractivity contribution in [3.05, 3.63) is 35.1 Å². The van der Waals surface area contributed by atoms with Crippen LogP contribution in [0.4, 0.5) is 4.39 Å². The number of hydrogen-bond acceptors (Lipinski definition) is 3. The zero-order valence-electron chi connectivity index (χ0n) is 15.2. The minimum atomic E-state index is -0.803. The molecule has 0 aliphatic carbocycles. The summed E-state index contributed by atoms with van der Waals surface area (Å²) in [6.07, 6.45) is 1.78. The first-order valence-electron chi connectivity index (χ1n) is 8.69. The molecule has 5 nitrogen and oxygen atoms in total. The Balaban J connectivity index is 2.03. The maximum Gasteiger partial charge on any atom is 0.303 e. The van der Waals surface area contributed by atoms with Crippen molar-refractivity contribution in [3.8, 4) is 0 Å². The van der Waals surface area contributed by atoms with Gasteiger partial charge in [-0.2, -0.15) is 0 Å². The number of benzene rings is 1. The van der Waals surface area contributed by atoms with Crippen LogP contribution in [0.3, 0.4) is 0 Å². The van der Waals surface area contributed by atoms with Gasteiger partial charge in [-0.05, 0) is 63.0 Å². The van der Waals surface area contributed by atoms with Crippen molar-refractivity contribution in [1.29, 1.82) is 0 Å². The van der Waals surface area contributed by atoms with Crippen LogP contribution in [0, 0.1) is 18.7 Å². The van der Waals surface area contributed by atoms with E-state index in [9.17, 15) is 14.0 Å². The van der Waals surface area contributed by atoms with Crippen LogP contribution in [0.2, 0.25) is 0 Å². The highest BCUT2D eigenvalue weighted by Crippen LogP contribution is 2.25. The molecule has 1 aliphatic rings. The molecule has 0 bridgehead atoms. The lowest BCUT2D eigenvalue weighted by Gasteiger charge is -2.41. The molecular weight excluding hydrogens is 323 g/mol. The Morgan fingerprint density at radius 1 is 1.36 bits per heavy atom. The minimum Gasteiger partial charge on any atom is -0.481 e. The molecule has 0 spiro atoms. The lowest BCUT2D eigenvalue weighted by Crippen LogP contribution is -2.51. The van der Waals surface area contributed by atoms with Crippen molar-refractivity contribution < 1.29 is 19.1 Å². The second-order valence-electron chi connectivity index (χ2n) is 7.10. The van der Waals surface area contributed by atoms with E-state index < -0.39 is 5.97 Å². The van der Waals surface area contributed by atoms with Crippen LogP contribution in [0.15, 0.2) is 18.2 Å². The monoisotopic (exact) mass is 350 g/mol. The molecule has 1 aromatic rings. The van der Waals surface area contributed by atoms with E-state index in [0.717, 1.165) is 17.5 Å². The molecule has 1 N–H and O–H groups in total. The second-order valence-corrected chi connectivity index (χ2v) is 7.10. The maximum absolute atomic E-state index is 13.2. The number of halogens is 1. The summed E-state index contributed by atoms with van der Waals surface area (Å²) in [6.45, 7) is 3.06. The number of hydrogen-bond donors (Lipinski definition) is 1. The smallest absolute Gasteiger partial charge is 0.303 e. The largest absolute Gasteiger partial charge is 0.481 e. The summed E-state index contributed by atoms with van der Waals surface area (Å²) in [4.78, 5) is 27.5. The summed E-state index contributed by atoms with van der Waals surface area (Å²) in [5.41, 5.74) is 1.61. The van der Waals surface area contributed by atoms with Crippen molar-refractivity contribution in [2.75, 3.05) is 27.2 Å². The van der Waals surface area contributed by atoms with Crippen LogP contribution < -0.4 is 0 Å². The summed E-state index contributed by atoms with van der Waals surface area (Å²) < 4.78 is 13.2. The van der Waals surface area contributed by atoms with Gasteiger partial charge < -0.3 is 14.9 Å². The van der Waals surface area contributed by atoms with Crippen molar-refractivity contribution in [2.45, 2.75) is 38.6 Å². The second kappa shape index (κ2) is 8.43. The molecule has 0 saturated carbocycles. The quantitative estimate of drug-likeness (QED) is 0.855. The van der Waals surface area contributed by atoms with E-state index in [0.29, 0.717) is 19.5 Å². The number of aryl methyl sites for hydroxylation is 1. The van der Waals surface area contributed by atoms with Gasteiger partial charge in [-0.1, -0.05) is 6.07 Å².